The van der Waals surface area contributed by atoms with Gasteiger partial charge in [0.15, 0.2) is 0 Å². The molecule has 0 aromatic carbocycles. The summed E-state index contributed by atoms with van der Waals surface area (Å²) in [5.41, 5.74) is -0.335. The molecule has 0 radical (unpaired) electrons. The van der Waals surface area contributed by atoms with Crippen molar-refractivity contribution in [2.75, 3.05) is 6.54 Å². The van der Waals surface area contributed by atoms with Gasteiger partial charge in [-0.05, 0) is 0 Å². The van der Waals surface area contributed by atoms with Crippen LogP contribution in [0.1, 0.15) is 16.1 Å². The summed E-state index contributed by atoms with van der Waals surface area (Å²) in [6.07, 6.45) is -0.134. The lowest BCUT2D eigenvalue weighted by Crippen LogP contribution is -2.25. The largest absolute Gasteiger partial charge is 0.481 e. The smallest absolute Gasteiger partial charge is 0.305 e. The number of aromatic nitrogens is 1. The van der Waals surface area contributed by atoms with Gasteiger partial charge in [-0.1, -0.05) is 11.5 Å². The number of hydrogen-bond acceptors (Lipinski definition) is 4. The summed E-state index contributed by atoms with van der Waals surface area (Å²) in [5, 5.41) is 10.7. The van der Waals surface area contributed by atoms with Crippen molar-refractivity contribution in [2.45, 2.75) is 6.42 Å². The molecule has 1 amide bonds. The number of carboxylic acids is 1. The quantitative estimate of drug-likeness (QED) is 0.640. The second-order valence-electron chi connectivity index (χ2n) is 2.48. The van der Waals surface area contributed by atoms with Crippen molar-refractivity contribution in [3.8, 4) is 0 Å². The first-order valence-corrected chi connectivity index (χ1v) is 4.60. The van der Waals surface area contributed by atoms with Crippen molar-refractivity contribution in [1.29, 1.82) is 0 Å². The van der Waals surface area contributed by atoms with E-state index in [2.05, 4.69) is 9.69 Å². The SMILES string of the molecule is O=C(O)CCNC(=O)c1cc(=O)[nH]s1. The van der Waals surface area contributed by atoms with E-state index in [-0.39, 0.29) is 23.4 Å². The number of aliphatic carboxylic acids is 1. The topological polar surface area (TPSA) is 99.3 Å². The van der Waals surface area contributed by atoms with Crippen LogP contribution in [0.3, 0.4) is 0 Å². The van der Waals surface area contributed by atoms with Crippen LogP contribution in [-0.2, 0) is 4.79 Å². The molecule has 0 fully saturated rings. The first kappa shape index (κ1) is 10.5. The van der Waals surface area contributed by atoms with Crippen LogP contribution in [0.25, 0.3) is 0 Å². The van der Waals surface area contributed by atoms with Gasteiger partial charge >= 0.3 is 5.97 Å². The van der Waals surface area contributed by atoms with Gasteiger partial charge < -0.3 is 10.4 Å². The average Bonchev–Trinajstić information content (AvgIpc) is 2.51. The standard InChI is InChI=1S/C7H8N2O4S/c10-5-3-4(14-9-5)7(13)8-2-1-6(11)12/h3H,1-2H2,(H,8,13)(H,9,10)(H,11,12). The fraction of sp³-hybridized carbons (Fsp3) is 0.286. The van der Waals surface area contributed by atoms with E-state index in [4.69, 9.17) is 5.11 Å². The summed E-state index contributed by atoms with van der Waals surface area (Å²) in [7, 11) is 0. The Balaban J connectivity index is 2.43. The van der Waals surface area contributed by atoms with Gasteiger partial charge in [-0.3, -0.25) is 18.8 Å². The van der Waals surface area contributed by atoms with E-state index in [1.807, 2.05) is 0 Å². The Morgan fingerprint density at radius 3 is 2.79 bits per heavy atom. The van der Waals surface area contributed by atoms with Gasteiger partial charge in [0.05, 0.1) is 6.42 Å². The summed E-state index contributed by atoms with van der Waals surface area (Å²) in [4.78, 5) is 32.2. The molecular formula is C7H8N2O4S. The van der Waals surface area contributed by atoms with Crippen LogP contribution in [0.2, 0.25) is 0 Å². The second kappa shape index (κ2) is 4.56. The zero-order chi connectivity index (χ0) is 10.6. The van der Waals surface area contributed by atoms with E-state index in [0.29, 0.717) is 0 Å². The summed E-state index contributed by atoms with van der Waals surface area (Å²) in [6, 6.07) is 1.17. The molecule has 1 aromatic rings. The molecule has 76 valence electrons. The molecule has 0 unspecified atom stereocenters. The van der Waals surface area contributed by atoms with E-state index in [1.54, 1.807) is 0 Å². The van der Waals surface area contributed by atoms with E-state index < -0.39 is 11.9 Å². The third kappa shape index (κ3) is 3.02. The van der Waals surface area contributed by atoms with Crippen molar-refractivity contribution >= 4 is 23.4 Å². The molecule has 0 aliphatic carbocycles. The number of hydrogen-bond donors (Lipinski definition) is 3. The Morgan fingerprint density at radius 2 is 2.29 bits per heavy atom. The van der Waals surface area contributed by atoms with Crippen molar-refractivity contribution in [2.24, 2.45) is 0 Å². The summed E-state index contributed by atoms with van der Waals surface area (Å²) in [6.45, 7) is 0.0558. The number of carbonyl (C=O) groups excluding carboxylic acids is 1. The van der Waals surface area contributed by atoms with Crippen molar-refractivity contribution in [3.05, 3.63) is 21.3 Å². The fourth-order valence-electron chi connectivity index (χ4n) is 0.765. The molecular weight excluding hydrogens is 208 g/mol. The monoisotopic (exact) mass is 216 g/mol. The molecule has 7 heteroatoms. The van der Waals surface area contributed by atoms with Gasteiger partial charge in [0.2, 0.25) is 0 Å². The third-order valence-electron chi connectivity index (χ3n) is 1.37. The van der Waals surface area contributed by atoms with Crippen LogP contribution in [0, 0.1) is 0 Å². The van der Waals surface area contributed by atoms with Crippen LogP contribution < -0.4 is 10.9 Å². The molecule has 14 heavy (non-hydrogen) atoms. The van der Waals surface area contributed by atoms with Crippen LogP contribution in [0.5, 0.6) is 0 Å². The Labute approximate surface area is 82.7 Å². The molecule has 0 atom stereocenters. The number of rotatable bonds is 4. The van der Waals surface area contributed by atoms with E-state index in [1.165, 1.54) is 6.07 Å². The van der Waals surface area contributed by atoms with Crippen molar-refractivity contribution < 1.29 is 14.7 Å². The highest BCUT2D eigenvalue weighted by Crippen LogP contribution is 1.99. The summed E-state index contributed by atoms with van der Waals surface area (Å²) >= 11 is 0.920. The predicted octanol–water partition coefficient (Wildman–Crippen LogP) is -0.359. The maximum atomic E-state index is 11.2. The highest BCUT2D eigenvalue weighted by Gasteiger charge is 2.08. The summed E-state index contributed by atoms with van der Waals surface area (Å²) < 4.78 is 2.36. The molecule has 3 N–H and O–H groups in total. The number of carboxylic acid groups (broad SMARTS) is 1. The minimum atomic E-state index is -0.979. The lowest BCUT2D eigenvalue weighted by Gasteiger charge is -1.98. The lowest BCUT2D eigenvalue weighted by molar-refractivity contribution is -0.136. The normalized spacial score (nSPS) is 9.71. The Morgan fingerprint density at radius 1 is 1.57 bits per heavy atom. The molecule has 1 aromatic heterocycles. The van der Waals surface area contributed by atoms with Crippen molar-refractivity contribution in [1.82, 2.24) is 9.69 Å². The van der Waals surface area contributed by atoms with Crippen LogP contribution in [0.15, 0.2) is 10.9 Å². The van der Waals surface area contributed by atoms with Crippen LogP contribution in [0.4, 0.5) is 0 Å². The first-order chi connectivity index (χ1) is 6.59. The maximum absolute atomic E-state index is 11.2. The predicted molar refractivity (Wildman–Crippen MR) is 49.5 cm³/mol. The Kier molecular flexibility index (Phi) is 3.41. The number of nitrogens with one attached hydrogen (secondary N) is 2. The number of carbonyl (C=O) groups is 2. The number of aromatic amines is 1. The fourth-order valence-corrected chi connectivity index (χ4v) is 1.37. The van der Waals surface area contributed by atoms with Crippen LogP contribution in [-0.4, -0.2) is 27.9 Å². The average molecular weight is 216 g/mol. The first-order valence-electron chi connectivity index (χ1n) is 3.78. The third-order valence-corrected chi connectivity index (χ3v) is 2.20. The molecule has 1 rings (SSSR count). The van der Waals surface area contributed by atoms with Crippen LogP contribution >= 0.6 is 11.5 Å². The number of H-pyrrole nitrogens is 1. The minimum absolute atomic E-state index is 0.0558. The number of amides is 1. The highest BCUT2D eigenvalue weighted by atomic mass is 32.1. The van der Waals surface area contributed by atoms with Gasteiger partial charge in [0, 0.05) is 12.6 Å². The van der Waals surface area contributed by atoms with Gasteiger partial charge in [0.1, 0.15) is 4.88 Å². The zero-order valence-electron chi connectivity index (χ0n) is 7.07. The van der Waals surface area contributed by atoms with Gasteiger partial charge in [0.25, 0.3) is 11.5 Å². The second-order valence-corrected chi connectivity index (χ2v) is 3.32. The minimum Gasteiger partial charge on any atom is -0.481 e. The molecule has 0 aliphatic heterocycles. The molecule has 6 nitrogen and oxygen atoms in total. The maximum Gasteiger partial charge on any atom is 0.305 e. The van der Waals surface area contributed by atoms with Gasteiger partial charge in [-0.2, -0.15) is 0 Å². The van der Waals surface area contributed by atoms with Gasteiger partial charge in [-0.25, -0.2) is 0 Å². The van der Waals surface area contributed by atoms with Crippen molar-refractivity contribution in [3.63, 3.8) is 0 Å². The Hall–Kier alpha value is -1.63. The van der Waals surface area contributed by atoms with Gasteiger partial charge in [-0.15, -0.1) is 0 Å². The Bertz CT molecular complexity index is 394. The van der Waals surface area contributed by atoms with E-state index in [9.17, 15) is 14.4 Å². The highest BCUT2D eigenvalue weighted by molar-refractivity contribution is 7.08. The molecule has 0 saturated carbocycles. The van der Waals surface area contributed by atoms with E-state index in [0.717, 1.165) is 11.5 Å². The molecule has 0 aliphatic rings. The lowest BCUT2D eigenvalue weighted by atomic mass is 10.4. The molecule has 1 heterocycles. The molecule has 0 saturated heterocycles. The molecule has 0 bridgehead atoms. The molecule has 0 spiro atoms. The van der Waals surface area contributed by atoms with E-state index >= 15 is 0 Å². The zero-order valence-corrected chi connectivity index (χ0v) is 7.89. The summed E-state index contributed by atoms with van der Waals surface area (Å²) in [5.74, 6) is -1.41.